The van der Waals surface area contributed by atoms with E-state index in [4.69, 9.17) is 37.0 Å². The van der Waals surface area contributed by atoms with Crippen LogP contribution in [0.4, 0.5) is 0 Å². The smallest absolute Gasteiger partial charge is 0.462 e. The van der Waals surface area contributed by atoms with Gasteiger partial charge in [-0.3, -0.25) is 37.3 Å². The van der Waals surface area contributed by atoms with Crippen molar-refractivity contribution in [2.24, 2.45) is 11.8 Å². The Hall–Kier alpha value is -1.94. The number of aliphatic hydroxyl groups excluding tert-OH is 1. The van der Waals surface area contributed by atoms with Crippen molar-refractivity contribution in [3.05, 3.63) is 0 Å². The van der Waals surface area contributed by atoms with Gasteiger partial charge in [-0.15, -0.1) is 0 Å². The minimum Gasteiger partial charge on any atom is -0.462 e. The van der Waals surface area contributed by atoms with Crippen LogP contribution in [-0.4, -0.2) is 96.7 Å². The van der Waals surface area contributed by atoms with E-state index < -0.39 is 97.5 Å². The summed E-state index contributed by atoms with van der Waals surface area (Å²) in [5.41, 5.74) is 0. The quantitative estimate of drug-likeness (QED) is 0.0222. The van der Waals surface area contributed by atoms with Gasteiger partial charge >= 0.3 is 39.5 Å². The molecule has 0 aliphatic carbocycles. The molecule has 0 aliphatic heterocycles. The van der Waals surface area contributed by atoms with E-state index in [0.29, 0.717) is 25.7 Å². The third kappa shape index (κ3) is 70.9. The van der Waals surface area contributed by atoms with E-state index in [-0.39, 0.29) is 25.7 Å². The number of hydrogen-bond acceptors (Lipinski definition) is 15. The molecule has 0 fully saturated rings. The average Bonchev–Trinajstić information content (AvgIpc) is 1.48. The summed E-state index contributed by atoms with van der Waals surface area (Å²) < 4.78 is 68.6. The van der Waals surface area contributed by atoms with Gasteiger partial charge in [-0.1, -0.05) is 356 Å². The van der Waals surface area contributed by atoms with E-state index in [1.165, 1.54) is 225 Å². The second-order valence-electron chi connectivity index (χ2n) is 28.8. The lowest BCUT2D eigenvalue weighted by atomic mass is 9.99. The number of aliphatic hydroxyl groups is 1. The van der Waals surface area contributed by atoms with Crippen molar-refractivity contribution in [1.82, 2.24) is 0 Å². The van der Waals surface area contributed by atoms with Crippen molar-refractivity contribution in [3.63, 3.8) is 0 Å². The normalized spacial score (nSPS) is 14.2. The summed E-state index contributed by atoms with van der Waals surface area (Å²) in [6.45, 7) is 9.63. The Labute approximate surface area is 594 Å². The van der Waals surface area contributed by atoms with Gasteiger partial charge in [0.05, 0.1) is 26.4 Å². The monoisotopic (exact) mass is 1420 g/mol. The van der Waals surface area contributed by atoms with Crippen LogP contribution in [0.2, 0.25) is 0 Å². The molecular formula is C78H152O17P2. The fraction of sp³-hybridized carbons (Fsp3) is 0.949. The zero-order valence-corrected chi connectivity index (χ0v) is 65.2. The molecule has 0 aromatic rings. The summed E-state index contributed by atoms with van der Waals surface area (Å²) >= 11 is 0. The minimum absolute atomic E-state index is 0.106. The zero-order chi connectivity index (χ0) is 71.4. The molecule has 3 N–H and O–H groups in total. The molecule has 0 radical (unpaired) electrons. The van der Waals surface area contributed by atoms with E-state index in [1.807, 2.05) is 0 Å². The Balaban J connectivity index is 5.23. The third-order valence-electron chi connectivity index (χ3n) is 18.6. The van der Waals surface area contributed by atoms with Gasteiger partial charge in [0.25, 0.3) is 0 Å². The topological polar surface area (TPSA) is 237 Å². The van der Waals surface area contributed by atoms with E-state index >= 15 is 0 Å². The number of esters is 4. The molecule has 0 saturated carbocycles. The van der Waals surface area contributed by atoms with Crippen LogP contribution in [0.5, 0.6) is 0 Å². The number of unbranched alkanes of at least 4 members (excludes halogenated alkanes) is 46. The molecule has 0 amide bonds. The van der Waals surface area contributed by atoms with Crippen molar-refractivity contribution < 1.29 is 80.2 Å². The summed E-state index contributed by atoms with van der Waals surface area (Å²) in [6, 6.07) is 0. The summed E-state index contributed by atoms with van der Waals surface area (Å²) in [4.78, 5) is 72.9. The third-order valence-corrected chi connectivity index (χ3v) is 20.5. The first-order chi connectivity index (χ1) is 46.9. The van der Waals surface area contributed by atoms with E-state index in [1.54, 1.807) is 0 Å². The molecule has 3 unspecified atom stereocenters. The molecule has 17 nitrogen and oxygen atoms in total. The first-order valence-corrected chi connectivity index (χ1v) is 43.5. The number of phosphoric acid groups is 2. The molecule has 0 aromatic heterocycles. The van der Waals surface area contributed by atoms with Crippen LogP contribution in [0.15, 0.2) is 0 Å². The molecule has 0 heterocycles. The Morgan fingerprint density at radius 2 is 0.526 bits per heavy atom. The van der Waals surface area contributed by atoms with Crippen LogP contribution in [0.25, 0.3) is 0 Å². The summed E-state index contributed by atoms with van der Waals surface area (Å²) in [7, 11) is -9.91. The zero-order valence-electron chi connectivity index (χ0n) is 63.4. The highest BCUT2D eigenvalue weighted by atomic mass is 31.2. The average molecular weight is 1420 g/mol. The highest BCUT2D eigenvalue weighted by molar-refractivity contribution is 7.47. The Morgan fingerprint density at radius 1 is 0.299 bits per heavy atom. The molecule has 0 saturated heterocycles. The van der Waals surface area contributed by atoms with Crippen LogP contribution >= 0.6 is 15.6 Å². The van der Waals surface area contributed by atoms with Gasteiger partial charge in [0.1, 0.15) is 19.3 Å². The molecular weight excluding hydrogens is 1270 g/mol. The van der Waals surface area contributed by atoms with Crippen LogP contribution in [-0.2, 0) is 65.4 Å². The van der Waals surface area contributed by atoms with Crippen LogP contribution < -0.4 is 0 Å². The van der Waals surface area contributed by atoms with E-state index in [0.717, 1.165) is 102 Å². The Bertz CT molecular complexity index is 1870. The van der Waals surface area contributed by atoms with Gasteiger partial charge in [-0.25, -0.2) is 9.13 Å². The van der Waals surface area contributed by atoms with Gasteiger partial charge in [-0.2, -0.15) is 0 Å². The maximum Gasteiger partial charge on any atom is 0.472 e. The molecule has 0 spiro atoms. The van der Waals surface area contributed by atoms with E-state index in [9.17, 15) is 43.2 Å². The molecule has 0 aliphatic rings. The summed E-state index contributed by atoms with van der Waals surface area (Å²) in [5, 5.41) is 10.6. The molecule has 6 atom stereocenters. The highest BCUT2D eigenvalue weighted by Crippen LogP contribution is 2.45. The van der Waals surface area contributed by atoms with Crippen molar-refractivity contribution in [2.45, 2.75) is 426 Å². The number of hydrogen-bond donors (Lipinski definition) is 3. The second kappa shape index (κ2) is 69.8. The maximum atomic E-state index is 13.1. The first kappa shape index (κ1) is 95.1. The minimum atomic E-state index is -4.96. The number of phosphoric ester groups is 2. The van der Waals surface area contributed by atoms with Crippen molar-refractivity contribution in [2.75, 3.05) is 39.6 Å². The summed E-state index contributed by atoms with van der Waals surface area (Å²) in [5.74, 6) is -0.528. The largest absolute Gasteiger partial charge is 0.472 e. The fourth-order valence-corrected chi connectivity index (χ4v) is 13.6. The highest BCUT2D eigenvalue weighted by Gasteiger charge is 2.30. The molecule has 19 heteroatoms. The second-order valence-corrected chi connectivity index (χ2v) is 31.7. The SMILES string of the molecule is CCCCCCCCCCCCCCCCCCCCCC(=O)O[C@H](COC(=O)CCCCCCCCCCCCCCC(C)C)COP(=O)(O)OC[C@@H](O)COP(=O)(O)OC[C@@H](COC(=O)CCCCCCCCCCC)OC(=O)CCCCCCCCCCCCC(C)CC. The molecule has 0 rings (SSSR count). The van der Waals surface area contributed by atoms with Crippen molar-refractivity contribution in [1.29, 1.82) is 0 Å². The van der Waals surface area contributed by atoms with Crippen LogP contribution in [0.1, 0.15) is 408 Å². The lowest BCUT2D eigenvalue weighted by Crippen LogP contribution is -2.30. The first-order valence-electron chi connectivity index (χ1n) is 40.5. The number of rotatable bonds is 77. The predicted molar refractivity (Wildman–Crippen MR) is 395 cm³/mol. The number of carbonyl (C=O) groups is 4. The number of ether oxygens (including phenoxy) is 4. The molecule has 0 bridgehead atoms. The standard InChI is InChI=1S/C78H152O17P2/c1-7-10-12-14-16-18-19-20-21-22-23-24-25-26-31-38-44-50-56-62-77(82)94-74(67-89-76(81)61-55-49-43-37-30-28-27-29-35-40-46-52-58-70(4)5)69-93-97(86,87)91-65-72(79)64-90-96(84,85)92-68-73(66-88-75(80)60-54-48-42-34-17-15-13-11-8-2)95-78(83)63-57-51-45-39-33-32-36-41-47-53-59-71(6)9-3/h70-74,79H,7-69H2,1-6H3,(H,84,85)(H,86,87)/t71?,72-,73+,74+/m0/s1. The summed E-state index contributed by atoms with van der Waals surface area (Å²) in [6.07, 6.45) is 58.2. The predicted octanol–water partition coefficient (Wildman–Crippen LogP) is 23.1. The molecule has 0 aromatic carbocycles. The van der Waals surface area contributed by atoms with Crippen LogP contribution in [0, 0.1) is 11.8 Å². The van der Waals surface area contributed by atoms with Gasteiger partial charge in [0.2, 0.25) is 0 Å². The van der Waals surface area contributed by atoms with Gasteiger partial charge in [0, 0.05) is 25.7 Å². The lowest BCUT2D eigenvalue weighted by Gasteiger charge is -2.21. The van der Waals surface area contributed by atoms with Crippen LogP contribution in [0.3, 0.4) is 0 Å². The Morgan fingerprint density at radius 3 is 0.784 bits per heavy atom. The fourth-order valence-electron chi connectivity index (χ4n) is 12.0. The van der Waals surface area contributed by atoms with Crippen molar-refractivity contribution >= 4 is 39.5 Å². The van der Waals surface area contributed by atoms with Gasteiger partial charge in [0.15, 0.2) is 12.2 Å². The van der Waals surface area contributed by atoms with Gasteiger partial charge < -0.3 is 33.8 Å². The maximum absolute atomic E-state index is 13.1. The molecule has 576 valence electrons. The Kier molecular flexibility index (Phi) is 68.4. The van der Waals surface area contributed by atoms with E-state index in [2.05, 4.69) is 41.5 Å². The lowest BCUT2D eigenvalue weighted by molar-refractivity contribution is -0.161. The molecule has 97 heavy (non-hydrogen) atoms. The van der Waals surface area contributed by atoms with Gasteiger partial charge in [-0.05, 0) is 37.5 Å². The number of carbonyl (C=O) groups excluding carboxylic acids is 4. The van der Waals surface area contributed by atoms with Crippen molar-refractivity contribution in [3.8, 4) is 0 Å².